The number of ether oxygens (including phenoxy) is 2. The molecule has 128 valence electrons. The summed E-state index contributed by atoms with van der Waals surface area (Å²) in [6.45, 7) is 4.27. The summed E-state index contributed by atoms with van der Waals surface area (Å²) in [5.74, 6) is 0.434. The van der Waals surface area contributed by atoms with Gasteiger partial charge in [0.1, 0.15) is 5.75 Å². The molecule has 6 heteroatoms. The number of benzene rings is 2. The van der Waals surface area contributed by atoms with Gasteiger partial charge in [-0.1, -0.05) is 23.2 Å². The third-order valence-electron chi connectivity index (χ3n) is 3.29. The van der Waals surface area contributed by atoms with Crippen molar-refractivity contribution in [1.82, 2.24) is 0 Å². The summed E-state index contributed by atoms with van der Waals surface area (Å²) in [7, 11) is 1.59. The van der Waals surface area contributed by atoms with Gasteiger partial charge in [-0.05, 0) is 50.2 Å². The third kappa shape index (κ3) is 4.87. The molecule has 0 saturated carbocycles. The average molecular weight is 368 g/mol. The fourth-order valence-electron chi connectivity index (χ4n) is 2.07. The molecule has 4 nitrogen and oxygen atoms in total. The number of hydrogen-bond donors (Lipinski definition) is 1. The Kier molecular flexibility index (Phi) is 6.49. The maximum Gasteiger partial charge on any atom is 0.255 e. The molecule has 2 aromatic rings. The fraction of sp³-hybridized carbons (Fsp3) is 0.278. The van der Waals surface area contributed by atoms with Gasteiger partial charge >= 0.3 is 0 Å². The fourth-order valence-corrected chi connectivity index (χ4v) is 2.36. The van der Waals surface area contributed by atoms with Crippen LogP contribution in [0.1, 0.15) is 29.8 Å². The molecule has 1 N–H and O–H groups in total. The van der Waals surface area contributed by atoms with E-state index in [1.165, 1.54) is 0 Å². The van der Waals surface area contributed by atoms with E-state index in [0.717, 1.165) is 5.56 Å². The van der Waals surface area contributed by atoms with Crippen LogP contribution in [0.25, 0.3) is 0 Å². The van der Waals surface area contributed by atoms with Crippen molar-refractivity contribution in [1.29, 1.82) is 0 Å². The van der Waals surface area contributed by atoms with Crippen LogP contribution in [0.4, 0.5) is 5.69 Å². The van der Waals surface area contributed by atoms with Gasteiger partial charge in [-0.2, -0.15) is 0 Å². The van der Waals surface area contributed by atoms with Gasteiger partial charge in [0, 0.05) is 16.8 Å². The second-order valence-corrected chi connectivity index (χ2v) is 6.28. The highest BCUT2D eigenvalue weighted by atomic mass is 35.5. The number of carbonyl (C=O) groups excluding carboxylic acids is 1. The first-order valence-corrected chi connectivity index (χ1v) is 8.21. The van der Waals surface area contributed by atoms with Crippen LogP contribution in [0.5, 0.6) is 5.75 Å². The summed E-state index contributed by atoms with van der Waals surface area (Å²) in [5.41, 5.74) is 1.89. The van der Waals surface area contributed by atoms with Gasteiger partial charge in [0.05, 0.1) is 29.9 Å². The number of halogens is 2. The second kappa shape index (κ2) is 8.38. The minimum atomic E-state index is -0.248. The summed E-state index contributed by atoms with van der Waals surface area (Å²) >= 11 is 11.8. The SMILES string of the molecule is COc1ccc(C(=O)Nc2ccc(Cl)c(Cl)c2)cc1COC(C)C. The molecule has 0 aliphatic rings. The molecule has 0 saturated heterocycles. The van der Waals surface area contributed by atoms with Crippen molar-refractivity contribution in [3.05, 3.63) is 57.6 Å². The smallest absolute Gasteiger partial charge is 0.255 e. The Morgan fingerprint density at radius 1 is 1.12 bits per heavy atom. The quantitative estimate of drug-likeness (QED) is 0.764. The Morgan fingerprint density at radius 2 is 1.88 bits per heavy atom. The average Bonchev–Trinajstić information content (AvgIpc) is 2.56. The molecule has 0 aromatic heterocycles. The number of methoxy groups -OCH3 is 1. The Bertz CT molecular complexity index is 732. The van der Waals surface area contributed by atoms with Gasteiger partial charge < -0.3 is 14.8 Å². The maximum atomic E-state index is 12.4. The molecule has 24 heavy (non-hydrogen) atoms. The highest BCUT2D eigenvalue weighted by molar-refractivity contribution is 6.42. The predicted molar refractivity (Wildman–Crippen MR) is 97.3 cm³/mol. The first-order valence-electron chi connectivity index (χ1n) is 7.45. The van der Waals surface area contributed by atoms with Crippen LogP contribution in [0.15, 0.2) is 36.4 Å². The Morgan fingerprint density at radius 3 is 2.50 bits per heavy atom. The van der Waals surface area contributed by atoms with E-state index in [2.05, 4.69) is 5.32 Å². The lowest BCUT2D eigenvalue weighted by Gasteiger charge is -2.13. The number of anilines is 1. The van der Waals surface area contributed by atoms with Crippen molar-refractivity contribution in [2.24, 2.45) is 0 Å². The zero-order valence-electron chi connectivity index (χ0n) is 13.7. The first kappa shape index (κ1) is 18.6. The molecule has 0 bridgehead atoms. The molecule has 0 aliphatic carbocycles. The van der Waals surface area contributed by atoms with Crippen molar-refractivity contribution in [2.75, 3.05) is 12.4 Å². The van der Waals surface area contributed by atoms with Crippen molar-refractivity contribution < 1.29 is 14.3 Å². The number of hydrogen-bond acceptors (Lipinski definition) is 3. The van der Waals surface area contributed by atoms with Gasteiger partial charge in [-0.3, -0.25) is 4.79 Å². The van der Waals surface area contributed by atoms with Gasteiger partial charge in [0.25, 0.3) is 5.91 Å². The maximum absolute atomic E-state index is 12.4. The van der Waals surface area contributed by atoms with Crippen LogP contribution in [-0.2, 0) is 11.3 Å². The Hall–Kier alpha value is -1.75. The van der Waals surface area contributed by atoms with Crippen molar-refractivity contribution in [3.63, 3.8) is 0 Å². The molecular weight excluding hydrogens is 349 g/mol. The highest BCUT2D eigenvalue weighted by Crippen LogP contribution is 2.26. The van der Waals surface area contributed by atoms with Crippen molar-refractivity contribution in [2.45, 2.75) is 26.6 Å². The van der Waals surface area contributed by atoms with E-state index in [4.69, 9.17) is 32.7 Å². The summed E-state index contributed by atoms with van der Waals surface area (Å²) in [4.78, 5) is 12.4. The van der Waals surface area contributed by atoms with Gasteiger partial charge in [0.15, 0.2) is 0 Å². The van der Waals surface area contributed by atoms with Crippen LogP contribution in [0.3, 0.4) is 0 Å². The van der Waals surface area contributed by atoms with E-state index in [-0.39, 0.29) is 12.0 Å². The van der Waals surface area contributed by atoms with Gasteiger partial charge in [0.2, 0.25) is 0 Å². The van der Waals surface area contributed by atoms with Gasteiger partial charge in [-0.25, -0.2) is 0 Å². The van der Waals surface area contributed by atoms with E-state index in [1.54, 1.807) is 43.5 Å². The van der Waals surface area contributed by atoms with E-state index in [0.29, 0.717) is 33.7 Å². The zero-order chi connectivity index (χ0) is 17.7. The van der Waals surface area contributed by atoms with Crippen molar-refractivity contribution >= 4 is 34.8 Å². The third-order valence-corrected chi connectivity index (χ3v) is 4.03. The van der Waals surface area contributed by atoms with Crippen LogP contribution in [-0.4, -0.2) is 19.1 Å². The van der Waals surface area contributed by atoms with Crippen LogP contribution < -0.4 is 10.1 Å². The van der Waals surface area contributed by atoms with Crippen molar-refractivity contribution in [3.8, 4) is 5.75 Å². The molecule has 2 aromatic carbocycles. The molecule has 2 rings (SSSR count). The van der Waals surface area contributed by atoms with E-state index >= 15 is 0 Å². The minimum Gasteiger partial charge on any atom is -0.496 e. The van der Waals surface area contributed by atoms with E-state index in [1.807, 2.05) is 13.8 Å². The lowest BCUT2D eigenvalue weighted by Crippen LogP contribution is -2.13. The Labute approximate surface area is 151 Å². The summed E-state index contributed by atoms with van der Waals surface area (Å²) in [6, 6.07) is 10.1. The number of amides is 1. The number of nitrogens with one attached hydrogen (secondary N) is 1. The molecule has 0 unspecified atom stereocenters. The molecule has 0 fully saturated rings. The zero-order valence-corrected chi connectivity index (χ0v) is 15.2. The second-order valence-electron chi connectivity index (χ2n) is 5.47. The summed E-state index contributed by atoms with van der Waals surface area (Å²) in [6.07, 6.45) is 0.0865. The van der Waals surface area contributed by atoms with Crippen LogP contribution >= 0.6 is 23.2 Å². The van der Waals surface area contributed by atoms with Crippen LogP contribution in [0, 0.1) is 0 Å². The topological polar surface area (TPSA) is 47.6 Å². The summed E-state index contributed by atoms with van der Waals surface area (Å²) < 4.78 is 10.9. The molecule has 0 atom stereocenters. The molecule has 1 amide bonds. The first-order chi connectivity index (χ1) is 11.4. The minimum absolute atomic E-state index is 0.0865. The lowest BCUT2D eigenvalue weighted by atomic mass is 10.1. The largest absolute Gasteiger partial charge is 0.496 e. The van der Waals surface area contributed by atoms with E-state index in [9.17, 15) is 4.79 Å². The predicted octanol–water partition coefficient (Wildman–Crippen LogP) is 5.18. The summed E-state index contributed by atoms with van der Waals surface area (Å²) in [5, 5.41) is 3.61. The Balaban J connectivity index is 2.19. The molecule has 0 radical (unpaired) electrons. The number of carbonyl (C=O) groups is 1. The molecule has 0 spiro atoms. The van der Waals surface area contributed by atoms with Gasteiger partial charge in [-0.15, -0.1) is 0 Å². The highest BCUT2D eigenvalue weighted by Gasteiger charge is 2.12. The molecular formula is C18H19Cl2NO3. The van der Waals surface area contributed by atoms with Crippen LogP contribution in [0.2, 0.25) is 10.0 Å². The van der Waals surface area contributed by atoms with E-state index < -0.39 is 0 Å². The lowest BCUT2D eigenvalue weighted by molar-refractivity contribution is 0.0644. The molecule has 0 heterocycles. The molecule has 0 aliphatic heterocycles. The monoisotopic (exact) mass is 367 g/mol. The normalized spacial score (nSPS) is 10.8. The standard InChI is InChI=1S/C18H19Cl2NO3/c1-11(2)24-10-13-8-12(4-7-17(13)23-3)18(22)21-14-5-6-15(19)16(20)9-14/h4-9,11H,10H2,1-3H3,(H,21,22). The number of rotatable bonds is 6.